The Hall–Kier alpha value is -1.63. The number of benzene rings is 1. The largest absolute Gasteiger partial charge is 0.378 e. The second-order valence-corrected chi connectivity index (χ2v) is 11.0. The first-order chi connectivity index (χ1) is 16.3. The van der Waals surface area contributed by atoms with Crippen LogP contribution in [0.3, 0.4) is 0 Å². The Bertz CT molecular complexity index is 1160. The molecule has 1 radical (unpaired) electrons. The van der Waals surface area contributed by atoms with Gasteiger partial charge in [-0.2, -0.15) is 13.5 Å². The first-order valence-electron chi connectivity index (χ1n) is 11.9. The summed E-state index contributed by atoms with van der Waals surface area (Å²) >= 11 is 0. The molecule has 2 N–H and O–H groups in total. The minimum Gasteiger partial charge on any atom is -0.378 e. The molecule has 1 aromatic heterocycles. The Kier molecular flexibility index (Phi) is 8.14. The van der Waals surface area contributed by atoms with Gasteiger partial charge in [0, 0.05) is 61.6 Å². The maximum absolute atomic E-state index is 13.3. The zero-order valence-corrected chi connectivity index (χ0v) is 23.5. The molecule has 2 aromatic rings. The van der Waals surface area contributed by atoms with Crippen molar-refractivity contribution in [3.8, 4) is 0 Å². The molecule has 2 heterocycles. The predicted octanol–water partition coefficient (Wildman–Crippen LogP) is 1.22. The fourth-order valence-electron chi connectivity index (χ4n) is 5.11. The molecule has 1 fully saturated rings. The number of aromatic nitrogens is 2. The van der Waals surface area contributed by atoms with E-state index in [1.165, 1.54) is 26.3 Å². The Morgan fingerprint density at radius 2 is 1.80 bits per heavy atom. The summed E-state index contributed by atoms with van der Waals surface area (Å²) in [5.41, 5.74) is 6.08. The van der Waals surface area contributed by atoms with E-state index < -0.39 is 16.2 Å². The third-order valence-corrected chi connectivity index (χ3v) is 8.52. The van der Waals surface area contributed by atoms with Crippen LogP contribution in [0.2, 0.25) is 0 Å². The smallest absolute Gasteiger partial charge is 0.334 e. The van der Waals surface area contributed by atoms with Crippen LogP contribution in [0.4, 0.5) is 16.2 Å². The normalized spacial score (nSPS) is 16.9. The topological polar surface area (TPSA) is 109 Å². The Morgan fingerprint density at radius 3 is 2.34 bits per heavy atom. The van der Waals surface area contributed by atoms with Gasteiger partial charge in [-0.05, 0) is 67.8 Å². The number of carbonyl (C=O) groups is 1. The van der Waals surface area contributed by atoms with Crippen LogP contribution in [0.15, 0.2) is 18.5 Å². The van der Waals surface area contributed by atoms with E-state index >= 15 is 0 Å². The van der Waals surface area contributed by atoms with Crippen LogP contribution >= 0.6 is 0 Å². The van der Waals surface area contributed by atoms with Gasteiger partial charge < -0.3 is 10.1 Å². The van der Waals surface area contributed by atoms with Crippen LogP contribution in [0, 0.1) is 0 Å². The number of likely N-dealkylation sites (N-methyl/N-ethyl adjacent to an activating group) is 1. The van der Waals surface area contributed by atoms with E-state index in [2.05, 4.69) is 26.1 Å². The summed E-state index contributed by atoms with van der Waals surface area (Å²) in [4.78, 5) is 15.1. The quantitative estimate of drug-likeness (QED) is 0.516. The summed E-state index contributed by atoms with van der Waals surface area (Å²) in [6, 6.07) is 1.82. The van der Waals surface area contributed by atoms with Crippen molar-refractivity contribution in [3.05, 3.63) is 40.7 Å². The molecule has 10 nitrogen and oxygen atoms in total. The second kappa shape index (κ2) is 10.8. The summed E-state index contributed by atoms with van der Waals surface area (Å²) < 4.78 is 36.9. The SMILES string of the molecule is CN(CCN(c1cnn(C)c1)S(=O)(=O)NC(=O)Nc1c2c(cc3c1CCC3)CCC2)C1COC1.[Na]. The van der Waals surface area contributed by atoms with Gasteiger partial charge in [-0.3, -0.25) is 9.58 Å². The molecule has 1 aliphatic heterocycles. The van der Waals surface area contributed by atoms with Gasteiger partial charge >= 0.3 is 16.2 Å². The first-order valence-corrected chi connectivity index (χ1v) is 13.3. The standard InChI is InChI=1S/C23H32N6O4S.Na/c1-27(19-14-33-15-19)9-10-29(18-12-24-28(2)13-18)34(31,32)26-23(30)25-22-20-7-3-5-16(20)11-17-6-4-8-21(17)22;/h11-13,19H,3-10,14-15H2,1-2H3,(H2,25,26,30);. The zero-order valence-electron chi connectivity index (χ0n) is 20.7. The van der Waals surface area contributed by atoms with Crippen LogP contribution in [0.1, 0.15) is 35.1 Å². The number of hydrogen-bond acceptors (Lipinski definition) is 6. The molecule has 1 saturated heterocycles. The van der Waals surface area contributed by atoms with Gasteiger partial charge in [-0.1, -0.05) is 6.07 Å². The summed E-state index contributed by atoms with van der Waals surface area (Å²) in [6.07, 6.45) is 9.05. The molecule has 2 amide bonds. The molecule has 5 rings (SSSR count). The van der Waals surface area contributed by atoms with Crippen molar-refractivity contribution < 1.29 is 17.9 Å². The van der Waals surface area contributed by atoms with Gasteiger partial charge in [0.05, 0.1) is 31.1 Å². The molecule has 35 heavy (non-hydrogen) atoms. The third-order valence-electron chi connectivity index (χ3n) is 7.10. The molecule has 12 heteroatoms. The van der Waals surface area contributed by atoms with E-state index in [0.717, 1.165) is 55.3 Å². The van der Waals surface area contributed by atoms with Gasteiger partial charge in [0.2, 0.25) is 0 Å². The van der Waals surface area contributed by atoms with Crippen molar-refractivity contribution in [3.63, 3.8) is 0 Å². The molecule has 0 unspecified atom stereocenters. The maximum Gasteiger partial charge on any atom is 0.334 e. The monoisotopic (exact) mass is 511 g/mol. The number of aryl methyl sites for hydroxylation is 3. The van der Waals surface area contributed by atoms with Crippen molar-refractivity contribution in [2.45, 2.75) is 44.6 Å². The number of carbonyl (C=O) groups excluding carboxylic acids is 1. The number of anilines is 2. The van der Waals surface area contributed by atoms with Gasteiger partial charge in [0.15, 0.2) is 0 Å². The molecule has 0 spiro atoms. The van der Waals surface area contributed by atoms with Crippen molar-refractivity contribution >= 4 is 57.2 Å². The third kappa shape index (κ3) is 5.55. The number of amides is 2. The van der Waals surface area contributed by atoms with E-state index in [0.29, 0.717) is 25.4 Å². The van der Waals surface area contributed by atoms with Crippen molar-refractivity contribution in [1.29, 1.82) is 0 Å². The summed E-state index contributed by atoms with van der Waals surface area (Å²) in [6.45, 7) is 1.95. The molecule has 185 valence electrons. The molecule has 2 aliphatic carbocycles. The van der Waals surface area contributed by atoms with E-state index in [9.17, 15) is 13.2 Å². The Labute approximate surface area is 228 Å². The van der Waals surface area contributed by atoms with Gasteiger partial charge in [0.25, 0.3) is 0 Å². The summed E-state index contributed by atoms with van der Waals surface area (Å²) in [5, 5.41) is 7.02. The second-order valence-electron chi connectivity index (χ2n) is 9.41. The Morgan fingerprint density at radius 1 is 1.14 bits per heavy atom. The van der Waals surface area contributed by atoms with Crippen molar-refractivity contribution in [1.82, 2.24) is 19.4 Å². The number of hydrogen-bond donors (Lipinski definition) is 2. The van der Waals surface area contributed by atoms with E-state index in [1.807, 2.05) is 7.05 Å². The molecule has 0 bridgehead atoms. The van der Waals surface area contributed by atoms with Crippen molar-refractivity contribution in [2.75, 3.05) is 43.0 Å². The van der Waals surface area contributed by atoms with Crippen LogP contribution in [0.5, 0.6) is 0 Å². The number of ether oxygens (including phenoxy) is 1. The molecular weight excluding hydrogens is 479 g/mol. The summed E-state index contributed by atoms with van der Waals surface area (Å²) in [5.74, 6) is 0. The zero-order chi connectivity index (χ0) is 23.9. The number of fused-ring (bicyclic) bond motifs is 2. The molecule has 0 saturated carbocycles. The molecule has 0 atom stereocenters. The van der Waals surface area contributed by atoms with Gasteiger partial charge in [0.1, 0.15) is 0 Å². The average Bonchev–Trinajstić information content (AvgIpc) is 3.47. The maximum atomic E-state index is 13.3. The van der Waals surface area contributed by atoms with Crippen LogP contribution in [-0.4, -0.2) is 98.1 Å². The predicted molar refractivity (Wildman–Crippen MR) is 135 cm³/mol. The first kappa shape index (κ1) is 26.4. The summed E-state index contributed by atoms with van der Waals surface area (Å²) in [7, 11) is -0.492. The van der Waals surface area contributed by atoms with Crippen LogP contribution in [0.25, 0.3) is 0 Å². The molecule has 3 aliphatic rings. The fraction of sp³-hybridized carbons (Fsp3) is 0.565. The molecule has 1 aromatic carbocycles. The van der Waals surface area contributed by atoms with Gasteiger partial charge in [-0.25, -0.2) is 13.8 Å². The average molecular weight is 512 g/mol. The Balaban J connectivity index is 0.00000289. The van der Waals surface area contributed by atoms with E-state index in [-0.39, 0.29) is 42.1 Å². The number of rotatable bonds is 8. The van der Waals surface area contributed by atoms with Crippen molar-refractivity contribution in [2.24, 2.45) is 7.05 Å². The van der Waals surface area contributed by atoms with E-state index in [1.54, 1.807) is 13.2 Å². The van der Waals surface area contributed by atoms with Crippen LogP contribution in [-0.2, 0) is 47.7 Å². The van der Waals surface area contributed by atoms with E-state index in [4.69, 9.17) is 4.74 Å². The number of urea groups is 1. The minimum absolute atomic E-state index is 0. The fourth-order valence-corrected chi connectivity index (χ4v) is 6.20. The van der Waals surface area contributed by atoms with Crippen LogP contribution < -0.4 is 14.3 Å². The molecular formula is C23H32N6NaO4S. The number of nitrogens with zero attached hydrogens (tertiary/aromatic N) is 4. The minimum atomic E-state index is -4.16. The number of nitrogens with one attached hydrogen (secondary N) is 2. The van der Waals surface area contributed by atoms with Gasteiger partial charge in [-0.15, -0.1) is 0 Å².